The summed E-state index contributed by atoms with van der Waals surface area (Å²) >= 11 is 11.2. The number of hydrogen-bond acceptors (Lipinski definition) is 3. The fourth-order valence-electron chi connectivity index (χ4n) is 1.29. The first-order chi connectivity index (χ1) is 7.47. The van der Waals surface area contributed by atoms with Crippen LogP contribution in [-0.2, 0) is 0 Å². The lowest BCUT2D eigenvalue weighted by Gasteiger charge is -2.18. The summed E-state index contributed by atoms with van der Waals surface area (Å²) in [5.41, 5.74) is 0.00705. The highest BCUT2D eigenvalue weighted by Crippen LogP contribution is 2.31. The molecule has 6 heteroatoms. The normalized spacial score (nSPS) is 14.9. The molecule has 2 unspecified atom stereocenters. The lowest BCUT2D eigenvalue weighted by atomic mass is 10.0. The van der Waals surface area contributed by atoms with Crippen LogP contribution in [0.2, 0.25) is 10.0 Å². The Balaban J connectivity index is 3.03. The van der Waals surface area contributed by atoms with E-state index in [1.165, 1.54) is 6.07 Å². The van der Waals surface area contributed by atoms with E-state index in [-0.39, 0.29) is 28.6 Å². The molecule has 0 aliphatic carbocycles. The highest BCUT2D eigenvalue weighted by Gasteiger charge is 2.22. The van der Waals surface area contributed by atoms with Crippen molar-refractivity contribution >= 4 is 23.2 Å². The quantitative estimate of drug-likeness (QED) is 0.732. The summed E-state index contributed by atoms with van der Waals surface area (Å²) < 4.78 is 13.2. The molecule has 16 heavy (non-hydrogen) atoms. The van der Waals surface area contributed by atoms with Gasteiger partial charge in [-0.2, -0.15) is 0 Å². The Hall–Kier alpha value is -0.390. The molecule has 0 fully saturated rings. The van der Waals surface area contributed by atoms with Crippen LogP contribution in [0.25, 0.3) is 0 Å². The molecule has 1 rings (SSSR count). The van der Waals surface area contributed by atoms with Gasteiger partial charge in [-0.1, -0.05) is 23.2 Å². The third-order valence-corrected chi connectivity index (χ3v) is 2.75. The van der Waals surface area contributed by atoms with Crippen molar-refractivity contribution in [2.45, 2.75) is 18.6 Å². The van der Waals surface area contributed by atoms with Gasteiger partial charge in [0.25, 0.3) is 0 Å². The van der Waals surface area contributed by atoms with Gasteiger partial charge >= 0.3 is 0 Å². The zero-order valence-electron chi connectivity index (χ0n) is 8.20. The summed E-state index contributed by atoms with van der Waals surface area (Å²) in [6, 6.07) is 2.29. The molecule has 0 saturated heterocycles. The first-order valence-electron chi connectivity index (χ1n) is 4.58. The van der Waals surface area contributed by atoms with Gasteiger partial charge in [-0.15, -0.1) is 0 Å². The van der Waals surface area contributed by atoms with Gasteiger partial charge in [-0.3, -0.25) is 0 Å². The summed E-state index contributed by atoms with van der Waals surface area (Å²) in [4.78, 5) is 0. The van der Waals surface area contributed by atoms with Crippen LogP contribution in [0.1, 0.15) is 18.1 Å². The third-order valence-electron chi connectivity index (χ3n) is 2.13. The van der Waals surface area contributed by atoms with Crippen LogP contribution in [0.15, 0.2) is 12.1 Å². The van der Waals surface area contributed by atoms with Crippen LogP contribution >= 0.6 is 23.2 Å². The van der Waals surface area contributed by atoms with E-state index in [0.717, 1.165) is 6.07 Å². The van der Waals surface area contributed by atoms with Crippen LogP contribution in [-0.4, -0.2) is 28.0 Å². The molecular formula is C10H11Cl2FO3. The molecular weight excluding hydrogens is 258 g/mol. The van der Waals surface area contributed by atoms with Gasteiger partial charge in [0.15, 0.2) is 0 Å². The van der Waals surface area contributed by atoms with Crippen LogP contribution in [0.4, 0.5) is 4.39 Å². The van der Waals surface area contributed by atoms with Crippen molar-refractivity contribution in [3.05, 3.63) is 33.6 Å². The van der Waals surface area contributed by atoms with E-state index in [4.69, 9.17) is 28.3 Å². The lowest BCUT2D eigenvalue weighted by Crippen LogP contribution is -2.20. The molecule has 1 aromatic rings. The summed E-state index contributed by atoms with van der Waals surface area (Å²) in [5.74, 6) is -0.764. The zero-order chi connectivity index (χ0) is 12.3. The summed E-state index contributed by atoms with van der Waals surface area (Å²) in [6.07, 6.45) is -2.64. The van der Waals surface area contributed by atoms with Gasteiger partial charge in [0.2, 0.25) is 0 Å². The van der Waals surface area contributed by atoms with Crippen molar-refractivity contribution < 1.29 is 19.7 Å². The second-order valence-electron chi connectivity index (χ2n) is 3.32. The highest BCUT2D eigenvalue weighted by atomic mass is 35.5. The molecule has 0 amide bonds. The minimum atomic E-state index is -1.38. The average molecular weight is 269 g/mol. The maximum absolute atomic E-state index is 13.2. The standard InChI is InChI=1S/C10H11Cl2FO3/c11-5-3-6(9(12)7(13)4-5)10(16)8(15)1-2-14/h3-4,8,10,14-16H,1-2H2. The summed E-state index contributed by atoms with van der Waals surface area (Å²) in [7, 11) is 0. The Morgan fingerprint density at radius 3 is 2.44 bits per heavy atom. The molecule has 0 saturated carbocycles. The monoisotopic (exact) mass is 268 g/mol. The summed E-state index contributed by atoms with van der Waals surface area (Å²) in [5, 5.41) is 27.5. The third kappa shape index (κ3) is 3.06. The van der Waals surface area contributed by atoms with E-state index in [9.17, 15) is 14.6 Å². The highest BCUT2D eigenvalue weighted by molar-refractivity contribution is 6.33. The fraction of sp³-hybridized carbons (Fsp3) is 0.400. The predicted octanol–water partition coefficient (Wildman–Crippen LogP) is 1.91. The van der Waals surface area contributed by atoms with Gasteiger partial charge in [-0.25, -0.2) is 4.39 Å². The van der Waals surface area contributed by atoms with Gasteiger partial charge in [0.1, 0.15) is 11.9 Å². The molecule has 3 nitrogen and oxygen atoms in total. The van der Waals surface area contributed by atoms with E-state index >= 15 is 0 Å². The van der Waals surface area contributed by atoms with Gasteiger partial charge in [0.05, 0.1) is 11.1 Å². The molecule has 0 aliphatic heterocycles. The fourth-order valence-corrected chi connectivity index (χ4v) is 1.72. The molecule has 2 atom stereocenters. The maximum Gasteiger partial charge on any atom is 0.143 e. The maximum atomic E-state index is 13.2. The van der Waals surface area contributed by atoms with E-state index in [1.807, 2.05) is 0 Å². The second-order valence-corrected chi connectivity index (χ2v) is 4.13. The van der Waals surface area contributed by atoms with Crippen molar-refractivity contribution in [1.29, 1.82) is 0 Å². The number of halogens is 3. The Bertz CT molecular complexity index is 373. The number of aliphatic hydroxyl groups excluding tert-OH is 3. The Kier molecular flexibility index (Phi) is 4.95. The predicted molar refractivity (Wildman–Crippen MR) is 59.1 cm³/mol. The van der Waals surface area contributed by atoms with Crippen LogP contribution < -0.4 is 0 Å². The van der Waals surface area contributed by atoms with Crippen molar-refractivity contribution in [2.75, 3.05) is 6.61 Å². The first-order valence-corrected chi connectivity index (χ1v) is 5.34. The van der Waals surface area contributed by atoms with E-state index < -0.39 is 18.0 Å². The number of hydrogen-bond donors (Lipinski definition) is 3. The van der Waals surface area contributed by atoms with Crippen molar-refractivity contribution in [2.24, 2.45) is 0 Å². The van der Waals surface area contributed by atoms with Crippen molar-refractivity contribution in [1.82, 2.24) is 0 Å². The topological polar surface area (TPSA) is 60.7 Å². The molecule has 0 bridgehead atoms. The summed E-state index contributed by atoms with van der Waals surface area (Å²) in [6.45, 7) is -0.293. The number of rotatable bonds is 4. The van der Waals surface area contributed by atoms with E-state index in [0.29, 0.717) is 0 Å². The average Bonchev–Trinajstić information content (AvgIpc) is 2.22. The molecule has 0 radical (unpaired) electrons. The van der Waals surface area contributed by atoms with E-state index in [2.05, 4.69) is 0 Å². The Morgan fingerprint density at radius 2 is 1.88 bits per heavy atom. The first kappa shape index (κ1) is 13.7. The van der Waals surface area contributed by atoms with Crippen LogP contribution in [0.5, 0.6) is 0 Å². The van der Waals surface area contributed by atoms with Crippen LogP contribution in [0, 0.1) is 5.82 Å². The smallest absolute Gasteiger partial charge is 0.143 e. The number of benzene rings is 1. The molecule has 0 aliphatic rings. The Labute approximate surface area is 102 Å². The molecule has 3 N–H and O–H groups in total. The molecule has 0 heterocycles. The van der Waals surface area contributed by atoms with Gasteiger partial charge < -0.3 is 15.3 Å². The molecule has 0 aromatic heterocycles. The molecule has 90 valence electrons. The van der Waals surface area contributed by atoms with Crippen molar-refractivity contribution in [3.63, 3.8) is 0 Å². The minimum absolute atomic E-state index is 0.00705. The molecule has 0 spiro atoms. The second kappa shape index (κ2) is 5.80. The zero-order valence-corrected chi connectivity index (χ0v) is 9.71. The van der Waals surface area contributed by atoms with Crippen LogP contribution in [0.3, 0.4) is 0 Å². The SMILES string of the molecule is OCCC(O)C(O)c1cc(Cl)cc(F)c1Cl. The van der Waals surface area contributed by atoms with Gasteiger partial charge in [-0.05, 0) is 18.6 Å². The Morgan fingerprint density at radius 1 is 1.25 bits per heavy atom. The number of aliphatic hydroxyl groups is 3. The minimum Gasteiger partial charge on any atom is -0.396 e. The molecule has 1 aromatic carbocycles. The van der Waals surface area contributed by atoms with Crippen molar-refractivity contribution in [3.8, 4) is 0 Å². The van der Waals surface area contributed by atoms with Gasteiger partial charge in [0, 0.05) is 17.2 Å². The largest absolute Gasteiger partial charge is 0.396 e. The lowest BCUT2D eigenvalue weighted by molar-refractivity contribution is 0.00414. The van der Waals surface area contributed by atoms with E-state index in [1.54, 1.807) is 0 Å².